The smallest absolute Gasteiger partial charge is 0.431 e. The third-order valence-electron chi connectivity index (χ3n) is 1.51. The third-order valence-corrected chi connectivity index (χ3v) is 1.51. The predicted octanol–water partition coefficient (Wildman–Crippen LogP) is 1.08. The SMILES string of the molecule is COC(=O)C(CF)(OC)C(F)(F)F. The molecule has 0 saturated heterocycles. The van der Waals surface area contributed by atoms with Crippen LogP contribution < -0.4 is 0 Å². The topological polar surface area (TPSA) is 35.5 Å². The third kappa shape index (κ3) is 1.90. The monoisotopic (exact) mass is 204 g/mol. The van der Waals surface area contributed by atoms with E-state index >= 15 is 0 Å². The van der Waals surface area contributed by atoms with Gasteiger partial charge < -0.3 is 9.47 Å². The van der Waals surface area contributed by atoms with Crippen molar-refractivity contribution in [2.75, 3.05) is 20.9 Å². The molecule has 7 heteroatoms. The molecule has 0 aliphatic rings. The minimum absolute atomic E-state index is 0.587. The van der Waals surface area contributed by atoms with Crippen LogP contribution in [0.4, 0.5) is 17.6 Å². The van der Waals surface area contributed by atoms with Crippen molar-refractivity contribution in [1.29, 1.82) is 0 Å². The first kappa shape index (κ1) is 12.2. The van der Waals surface area contributed by atoms with Gasteiger partial charge in [-0.15, -0.1) is 0 Å². The number of halogens is 4. The maximum atomic E-state index is 12.1. The Balaban J connectivity index is 5.03. The van der Waals surface area contributed by atoms with E-state index in [2.05, 4.69) is 9.47 Å². The van der Waals surface area contributed by atoms with Crippen molar-refractivity contribution in [3.8, 4) is 0 Å². The lowest BCUT2D eigenvalue weighted by Crippen LogP contribution is -2.56. The molecule has 0 radical (unpaired) electrons. The number of carbonyl (C=O) groups is 1. The van der Waals surface area contributed by atoms with Crippen LogP contribution in [0.25, 0.3) is 0 Å². The van der Waals surface area contributed by atoms with Crippen LogP contribution in [0.15, 0.2) is 0 Å². The van der Waals surface area contributed by atoms with Crippen molar-refractivity contribution in [2.45, 2.75) is 11.8 Å². The molecule has 0 aromatic carbocycles. The maximum absolute atomic E-state index is 12.1. The highest BCUT2D eigenvalue weighted by atomic mass is 19.4. The predicted molar refractivity (Wildman–Crippen MR) is 33.8 cm³/mol. The number of ether oxygens (including phenoxy) is 2. The Kier molecular flexibility index (Phi) is 3.65. The standard InChI is InChI=1S/C6H8F4O3/c1-12-4(11)5(3-7,13-2)6(8,9)10/h3H2,1-2H3. The fourth-order valence-electron chi connectivity index (χ4n) is 0.665. The van der Waals surface area contributed by atoms with Crippen molar-refractivity contribution in [2.24, 2.45) is 0 Å². The molecule has 3 nitrogen and oxygen atoms in total. The molecule has 0 heterocycles. The van der Waals surface area contributed by atoms with Gasteiger partial charge in [0.15, 0.2) is 0 Å². The van der Waals surface area contributed by atoms with Crippen LogP contribution in [0.3, 0.4) is 0 Å². The van der Waals surface area contributed by atoms with Crippen LogP contribution in [0.1, 0.15) is 0 Å². The van der Waals surface area contributed by atoms with Gasteiger partial charge in [0.1, 0.15) is 6.67 Å². The molecule has 0 aliphatic heterocycles. The van der Waals surface area contributed by atoms with Gasteiger partial charge in [-0.05, 0) is 0 Å². The molecule has 0 aromatic rings. The van der Waals surface area contributed by atoms with Gasteiger partial charge >= 0.3 is 12.1 Å². The zero-order chi connectivity index (χ0) is 10.7. The van der Waals surface area contributed by atoms with E-state index in [0.717, 1.165) is 7.11 Å². The zero-order valence-electron chi connectivity index (χ0n) is 6.94. The van der Waals surface area contributed by atoms with Crippen LogP contribution in [-0.4, -0.2) is 38.6 Å². The van der Waals surface area contributed by atoms with E-state index in [-0.39, 0.29) is 0 Å². The fourth-order valence-corrected chi connectivity index (χ4v) is 0.665. The first-order valence-corrected chi connectivity index (χ1v) is 3.12. The summed E-state index contributed by atoms with van der Waals surface area (Å²) in [6.07, 6.45) is -5.14. The molecule has 13 heavy (non-hydrogen) atoms. The number of rotatable bonds is 3. The van der Waals surface area contributed by atoms with Crippen LogP contribution in [0.2, 0.25) is 0 Å². The number of hydrogen-bond acceptors (Lipinski definition) is 3. The average molecular weight is 204 g/mol. The Morgan fingerprint density at radius 1 is 1.31 bits per heavy atom. The van der Waals surface area contributed by atoms with Gasteiger partial charge in [-0.3, -0.25) is 0 Å². The van der Waals surface area contributed by atoms with E-state index in [1.54, 1.807) is 0 Å². The summed E-state index contributed by atoms with van der Waals surface area (Å²) in [7, 11) is 1.31. The average Bonchev–Trinajstić information content (AvgIpc) is 2.04. The highest BCUT2D eigenvalue weighted by Crippen LogP contribution is 2.34. The molecule has 1 atom stereocenters. The normalized spacial score (nSPS) is 16.5. The van der Waals surface area contributed by atoms with E-state index in [4.69, 9.17) is 0 Å². The summed E-state index contributed by atoms with van der Waals surface area (Å²) in [6.45, 7) is -2.01. The molecular weight excluding hydrogens is 196 g/mol. The summed E-state index contributed by atoms with van der Waals surface area (Å²) in [5.41, 5.74) is -3.50. The van der Waals surface area contributed by atoms with Gasteiger partial charge in [-0.2, -0.15) is 13.2 Å². The molecule has 0 saturated carbocycles. The van der Waals surface area contributed by atoms with Crippen molar-refractivity contribution >= 4 is 5.97 Å². The van der Waals surface area contributed by atoms with E-state index < -0.39 is 24.4 Å². The Bertz CT molecular complexity index is 185. The number of esters is 1. The van der Waals surface area contributed by atoms with Crippen LogP contribution >= 0.6 is 0 Å². The second-order valence-corrected chi connectivity index (χ2v) is 2.15. The summed E-state index contributed by atoms with van der Waals surface area (Å²) >= 11 is 0. The van der Waals surface area contributed by atoms with Crippen LogP contribution in [0, 0.1) is 0 Å². The molecule has 78 valence electrons. The molecular formula is C6H8F4O3. The second kappa shape index (κ2) is 3.91. The highest BCUT2D eigenvalue weighted by Gasteiger charge is 2.63. The molecule has 0 fully saturated rings. The quantitative estimate of drug-likeness (QED) is 0.509. The highest BCUT2D eigenvalue weighted by molar-refractivity contribution is 5.80. The number of methoxy groups -OCH3 is 2. The van der Waals surface area contributed by atoms with Gasteiger partial charge in [0.05, 0.1) is 7.11 Å². The van der Waals surface area contributed by atoms with Gasteiger partial charge in [0, 0.05) is 7.11 Å². The van der Waals surface area contributed by atoms with E-state index in [9.17, 15) is 22.4 Å². The lowest BCUT2D eigenvalue weighted by atomic mass is 10.1. The van der Waals surface area contributed by atoms with Gasteiger partial charge in [-0.25, -0.2) is 9.18 Å². The van der Waals surface area contributed by atoms with Crippen LogP contribution in [-0.2, 0) is 14.3 Å². The number of carbonyl (C=O) groups excluding carboxylic acids is 1. The van der Waals surface area contributed by atoms with Crippen molar-refractivity contribution in [3.63, 3.8) is 0 Å². The molecule has 0 aromatic heterocycles. The molecule has 0 rings (SSSR count). The Morgan fingerprint density at radius 3 is 1.85 bits per heavy atom. The molecule has 0 aliphatic carbocycles. The summed E-state index contributed by atoms with van der Waals surface area (Å²) in [5.74, 6) is -1.80. The second-order valence-electron chi connectivity index (χ2n) is 2.15. The van der Waals surface area contributed by atoms with E-state index in [1.807, 2.05) is 0 Å². The number of alkyl halides is 4. The summed E-state index contributed by atoms with van der Waals surface area (Å²) in [6, 6.07) is 0. The lowest BCUT2D eigenvalue weighted by Gasteiger charge is -2.28. The van der Waals surface area contributed by atoms with E-state index in [0.29, 0.717) is 7.11 Å². The summed E-state index contributed by atoms with van der Waals surface area (Å²) in [4.78, 5) is 10.6. The Hall–Kier alpha value is -0.850. The largest absolute Gasteiger partial charge is 0.467 e. The Labute approximate surface area is 71.6 Å². The van der Waals surface area contributed by atoms with Crippen molar-refractivity contribution in [3.05, 3.63) is 0 Å². The summed E-state index contributed by atoms with van der Waals surface area (Å²) in [5, 5.41) is 0. The molecule has 0 N–H and O–H groups in total. The number of hydrogen-bond donors (Lipinski definition) is 0. The molecule has 1 unspecified atom stereocenters. The first-order chi connectivity index (χ1) is 5.85. The lowest BCUT2D eigenvalue weighted by molar-refractivity contribution is -0.273. The zero-order valence-corrected chi connectivity index (χ0v) is 6.94. The van der Waals surface area contributed by atoms with Crippen molar-refractivity contribution < 1.29 is 31.8 Å². The summed E-state index contributed by atoms with van der Waals surface area (Å²) < 4.78 is 56.2. The molecule has 0 amide bonds. The minimum atomic E-state index is -5.14. The first-order valence-electron chi connectivity index (χ1n) is 3.12. The van der Waals surface area contributed by atoms with E-state index in [1.165, 1.54) is 0 Å². The maximum Gasteiger partial charge on any atom is 0.431 e. The van der Waals surface area contributed by atoms with Gasteiger partial charge in [0.2, 0.25) is 0 Å². The molecule has 0 bridgehead atoms. The van der Waals surface area contributed by atoms with Gasteiger partial charge in [0.25, 0.3) is 5.60 Å². The van der Waals surface area contributed by atoms with Crippen LogP contribution in [0.5, 0.6) is 0 Å². The van der Waals surface area contributed by atoms with Crippen molar-refractivity contribution in [1.82, 2.24) is 0 Å². The Morgan fingerprint density at radius 2 is 1.77 bits per heavy atom. The minimum Gasteiger partial charge on any atom is -0.467 e. The fraction of sp³-hybridized carbons (Fsp3) is 0.833. The molecule has 0 spiro atoms. The van der Waals surface area contributed by atoms with Gasteiger partial charge in [-0.1, -0.05) is 0 Å².